The Morgan fingerprint density at radius 1 is 1.47 bits per heavy atom. The highest BCUT2D eigenvalue weighted by molar-refractivity contribution is 7.99. The number of hydrogen-bond donors (Lipinski definition) is 2. The van der Waals surface area contributed by atoms with Crippen LogP contribution in [-0.2, 0) is 4.79 Å². The number of likely N-dealkylation sites (N-methyl/N-ethyl adjacent to an activating group) is 1. The second-order valence-corrected chi connectivity index (χ2v) is 5.92. The van der Waals surface area contributed by atoms with E-state index in [0.717, 1.165) is 26.2 Å². The smallest absolute Gasteiger partial charge is 0.238 e. The second kappa shape index (κ2) is 6.61. The first-order valence-electron chi connectivity index (χ1n) is 6.65. The van der Waals surface area contributed by atoms with Gasteiger partial charge in [-0.3, -0.25) is 9.69 Å². The van der Waals surface area contributed by atoms with Gasteiger partial charge in [0.25, 0.3) is 0 Å². The van der Waals surface area contributed by atoms with Crippen LogP contribution >= 0.6 is 11.8 Å². The van der Waals surface area contributed by atoms with Crippen LogP contribution < -0.4 is 10.6 Å². The highest BCUT2D eigenvalue weighted by Gasteiger charge is 2.33. The summed E-state index contributed by atoms with van der Waals surface area (Å²) in [5.74, 6) is 2.69. The molecule has 2 fully saturated rings. The maximum Gasteiger partial charge on any atom is 0.238 e. The molecule has 2 rings (SSSR count). The number of hydrogen-bond acceptors (Lipinski definition) is 4. The van der Waals surface area contributed by atoms with Crippen LogP contribution in [0.4, 0.5) is 0 Å². The Morgan fingerprint density at radius 2 is 2.24 bits per heavy atom. The molecule has 0 aromatic heterocycles. The number of thioether (sulfide) groups is 1. The van der Waals surface area contributed by atoms with Crippen molar-refractivity contribution in [2.45, 2.75) is 31.8 Å². The van der Waals surface area contributed by atoms with E-state index in [0.29, 0.717) is 6.04 Å². The monoisotopic (exact) mass is 257 g/mol. The Labute approximate surface area is 108 Å². The molecule has 5 heteroatoms. The molecule has 0 radical (unpaired) electrons. The lowest BCUT2D eigenvalue weighted by atomic mass is 10.0. The molecule has 0 aromatic rings. The van der Waals surface area contributed by atoms with E-state index in [2.05, 4.69) is 15.5 Å². The number of carbonyl (C=O) groups excluding carboxylic acids is 1. The molecule has 1 unspecified atom stereocenters. The van der Waals surface area contributed by atoms with Crippen LogP contribution in [0.5, 0.6) is 0 Å². The number of carbonyl (C=O) groups is 1. The van der Waals surface area contributed by atoms with Gasteiger partial charge in [0.1, 0.15) is 6.04 Å². The zero-order valence-corrected chi connectivity index (χ0v) is 11.4. The van der Waals surface area contributed by atoms with Crippen LogP contribution in [0.2, 0.25) is 0 Å². The van der Waals surface area contributed by atoms with Gasteiger partial charge in [0.2, 0.25) is 5.91 Å². The van der Waals surface area contributed by atoms with Gasteiger partial charge in [-0.1, -0.05) is 0 Å². The summed E-state index contributed by atoms with van der Waals surface area (Å²) in [4.78, 5) is 14.5. The van der Waals surface area contributed by atoms with Crippen molar-refractivity contribution in [1.82, 2.24) is 15.5 Å². The Kier molecular flexibility index (Phi) is 5.13. The molecule has 4 nitrogen and oxygen atoms in total. The Morgan fingerprint density at radius 3 is 2.94 bits per heavy atom. The van der Waals surface area contributed by atoms with Crippen molar-refractivity contribution in [2.24, 2.45) is 0 Å². The lowest BCUT2D eigenvalue weighted by Gasteiger charge is -2.42. The summed E-state index contributed by atoms with van der Waals surface area (Å²) in [6.45, 7) is 5.53. The average Bonchev–Trinajstić information content (AvgIpc) is 2.40. The summed E-state index contributed by atoms with van der Waals surface area (Å²) in [6.07, 6.45) is 2.47. The van der Waals surface area contributed by atoms with Crippen molar-refractivity contribution in [2.75, 3.05) is 37.7 Å². The third kappa shape index (κ3) is 3.36. The van der Waals surface area contributed by atoms with Crippen LogP contribution in [0.1, 0.15) is 19.8 Å². The molecular formula is C12H23N3OS. The van der Waals surface area contributed by atoms with E-state index in [4.69, 9.17) is 0 Å². The topological polar surface area (TPSA) is 44.4 Å². The molecule has 2 N–H and O–H groups in total. The van der Waals surface area contributed by atoms with E-state index in [9.17, 15) is 4.79 Å². The van der Waals surface area contributed by atoms with E-state index < -0.39 is 0 Å². The number of nitrogens with zero attached hydrogens (tertiary/aromatic N) is 1. The fraction of sp³-hybridized carbons (Fsp3) is 0.917. The summed E-state index contributed by atoms with van der Waals surface area (Å²) >= 11 is 2.04. The van der Waals surface area contributed by atoms with Gasteiger partial charge in [0, 0.05) is 32.2 Å². The highest BCUT2D eigenvalue weighted by atomic mass is 32.2. The third-order valence-corrected chi connectivity index (χ3v) is 4.65. The molecule has 2 aliphatic heterocycles. The first-order valence-corrected chi connectivity index (χ1v) is 7.80. The molecule has 0 aliphatic carbocycles. The number of rotatable bonds is 3. The highest BCUT2D eigenvalue weighted by Crippen LogP contribution is 2.24. The number of amides is 1. The molecule has 2 saturated heterocycles. The maximum atomic E-state index is 12.1. The molecule has 1 amide bonds. The molecule has 2 aliphatic rings. The van der Waals surface area contributed by atoms with Gasteiger partial charge in [-0.2, -0.15) is 11.8 Å². The second-order valence-electron chi connectivity index (χ2n) is 4.70. The van der Waals surface area contributed by atoms with Crippen molar-refractivity contribution < 1.29 is 4.79 Å². The molecule has 0 aromatic carbocycles. The fourth-order valence-corrected chi connectivity index (χ4v) is 3.79. The SMILES string of the molecule is CCNC(=O)C1CNCCN1C1CCSCC1. The van der Waals surface area contributed by atoms with Gasteiger partial charge in [0.05, 0.1) is 0 Å². The van der Waals surface area contributed by atoms with Gasteiger partial charge in [-0.05, 0) is 31.3 Å². The summed E-state index contributed by atoms with van der Waals surface area (Å²) < 4.78 is 0. The number of piperazine rings is 1. The van der Waals surface area contributed by atoms with E-state index >= 15 is 0 Å². The Balaban J connectivity index is 1.97. The molecule has 98 valence electrons. The van der Waals surface area contributed by atoms with Gasteiger partial charge >= 0.3 is 0 Å². The molecule has 17 heavy (non-hydrogen) atoms. The molecule has 0 saturated carbocycles. The third-order valence-electron chi connectivity index (χ3n) is 3.60. The largest absolute Gasteiger partial charge is 0.355 e. The zero-order chi connectivity index (χ0) is 12.1. The van der Waals surface area contributed by atoms with Crippen LogP contribution in [0, 0.1) is 0 Å². The molecule has 0 spiro atoms. The van der Waals surface area contributed by atoms with E-state index in [1.807, 2.05) is 18.7 Å². The van der Waals surface area contributed by atoms with Crippen molar-refractivity contribution in [3.63, 3.8) is 0 Å². The normalized spacial score (nSPS) is 27.9. The maximum absolute atomic E-state index is 12.1. The van der Waals surface area contributed by atoms with Crippen molar-refractivity contribution in [3.05, 3.63) is 0 Å². The van der Waals surface area contributed by atoms with Crippen molar-refractivity contribution >= 4 is 17.7 Å². The molecule has 1 atom stereocenters. The van der Waals surface area contributed by atoms with Crippen molar-refractivity contribution in [1.29, 1.82) is 0 Å². The van der Waals surface area contributed by atoms with Gasteiger partial charge < -0.3 is 10.6 Å². The zero-order valence-electron chi connectivity index (χ0n) is 10.6. The van der Waals surface area contributed by atoms with Crippen LogP contribution in [-0.4, -0.2) is 60.6 Å². The molecular weight excluding hydrogens is 234 g/mol. The van der Waals surface area contributed by atoms with Gasteiger partial charge in [0.15, 0.2) is 0 Å². The van der Waals surface area contributed by atoms with E-state index in [1.54, 1.807) is 0 Å². The van der Waals surface area contributed by atoms with Crippen LogP contribution in [0.25, 0.3) is 0 Å². The summed E-state index contributed by atoms with van der Waals surface area (Å²) in [7, 11) is 0. The quantitative estimate of drug-likeness (QED) is 0.763. The minimum absolute atomic E-state index is 0.0387. The van der Waals surface area contributed by atoms with Gasteiger partial charge in [-0.25, -0.2) is 0 Å². The molecule has 0 bridgehead atoms. The first kappa shape index (κ1) is 13.2. The number of nitrogens with one attached hydrogen (secondary N) is 2. The van der Waals surface area contributed by atoms with Crippen molar-refractivity contribution in [3.8, 4) is 0 Å². The summed E-state index contributed by atoms with van der Waals surface area (Å²) in [5, 5.41) is 6.29. The predicted molar refractivity (Wildman–Crippen MR) is 72.4 cm³/mol. The van der Waals surface area contributed by atoms with E-state index in [1.165, 1.54) is 24.3 Å². The van der Waals surface area contributed by atoms with Crippen LogP contribution in [0.3, 0.4) is 0 Å². The average molecular weight is 257 g/mol. The molecule has 2 heterocycles. The Bertz CT molecular complexity index is 256. The minimum atomic E-state index is 0.0387. The minimum Gasteiger partial charge on any atom is -0.355 e. The van der Waals surface area contributed by atoms with Gasteiger partial charge in [-0.15, -0.1) is 0 Å². The Hall–Kier alpha value is -0.260. The summed E-state index contributed by atoms with van der Waals surface area (Å²) in [6, 6.07) is 0.655. The standard InChI is InChI=1S/C12H23N3OS/c1-2-14-12(16)11-9-13-5-6-15(11)10-3-7-17-8-4-10/h10-11,13H,2-9H2,1H3,(H,14,16). The lowest BCUT2D eigenvalue weighted by molar-refractivity contribution is -0.128. The fourth-order valence-electron chi connectivity index (χ4n) is 2.71. The van der Waals surface area contributed by atoms with E-state index in [-0.39, 0.29) is 11.9 Å². The lowest BCUT2D eigenvalue weighted by Crippen LogP contribution is -2.61. The summed E-state index contributed by atoms with van der Waals surface area (Å²) in [5.41, 5.74) is 0. The predicted octanol–water partition coefficient (Wildman–Crippen LogP) is 0.292. The van der Waals surface area contributed by atoms with Crippen LogP contribution in [0.15, 0.2) is 0 Å². The first-order chi connectivity index (χ1) is 8.33.